The number of nitrogens with zero attached hydrogens (tertiary/aromatic N) is 3. The number of para-hydroxylation sites is 2. The highest BCUT2D eigenvalue weighted by Crippen LogP contribution is 2.30. The number of carbonyl (C=O) groups excluding carboxylic acids is 2. The number of piperidine rings is 1. The van der Waals surface area contributed by atoms with Crippen molar-refractivity contribution < 1.29 is 9.59 Å². The molecular weight excluding hydrogens is 342 g/mol. The fraction of sp³-hybridized carbons (Fsp3) is 0.238. The standard InChI is InChI=1S/C21H19N3O3/c1-13-7-3-6-10-17(13)24-19(25)12-11-18(21(24)27)23-14(2)22-16-9-5-4-8-15(16)20(23)26/h3-10,18H,11-12H2,1-2H3. The van der Waals surface area contributed by atoms with E-state index in [2.05, 4.69) is 4.98 Å². The number of hydrogen-bond donors (Lipinski definition) is 0. The number of benzene rings is 2. The van der Waals surface area contributed by atoms with E-state index in [-0.39, 0.29) is 23.8 Å². The van der Waals surface area contributed by atoms with Crippen LogP contribution < -0.4 is 10.5 Å². The Morgan fingerprint density at radius 3 is 2.44 bits per heavy atom. The molecule has 0 radical (unpaired) electrons. The monoisotopic (exact) mass is 361 g/mol. The van der Waals surface area contributed by atoms with Gasteiger partial charge in [0.15, 0.2) is 0 Å². The molecule has 6 nitrogen and oxygen atoms in total. The van der Waals surface area contributed by atoms with Crippen LogP contribution in [0.25, 0.3) is 10.9 Å². The number of hydrogen-bond acceptors (Lipinski definition) is 4. The number of aromatic nitrogens is 2. The van der Waals surface area contributed by atoms with Gasteiger partial charge in [-0.1, -0.05) is 30.3 Å². The van der Waals surface area contributed by atoms with E-state index < -0.39 is 6.04 Å². The lowest BCUT2D eigenvalue weighted by atomic mass is 10.0. The summed E-state index contributed by atoms with van der Waals surface area (Å²) in [5, 5.41) is 0.468. The van der Waals surface area contributed by atoms with Crippen LogP contribution in [0.2, 0.25) is 0 Å². The molecule has 1 saturated heterocycles. The molecule has 3 aromatic rings. The molecule has 1 fully saturated rings. The lowest BCUT2D eigenvalue weighted by Gasteiger charge is -2.33. The van der Waals surface area contributed by atoms with Crippen LogP contribution in [0.4, 0.5) is 5.69 Å². The molecule has 1 aliphatic rings. The number of imide groups is 1. The van der Waals surface area contributed by atoms with Crippen molar-refractivity contribution in [2.75, 3.05) is 4.90 Å². The van der Waals surface area contributed by atoms with Crippen LogP contribution in [0.15, 0.2) is 53.3 Å². The Morgan fingerprint density at radius 2 is 1.67 bits per heavy atom. The van der Waals surface area contributed by atoms with Crippen LogP contribution in [0.5, 0.6) is 0 Å². The second-order valence-electron chi connectivity index (χ2n) is 6.76. The lowest BCUT2D eigenvalue weighted by molar-refractivity contribution is -0.131. The van der Waals surface area contributed by atoms with Crippen LogP contribution in [0.3, 0.4) is 0 Å². The van der Waals surface area contributed by atoms with Gasteiger partial charge < -0.3 is 0 Å². The summed E-state index contributed by atoms with van der Waals surface area (Å²) in [5.41, 5.74) is 1.75. The molecule has 4 rings (SSSR count). The fourth-order valence-electron chi connectivity index (χ4n) is 3.70. The zero-order chi connectivity index (χ0) is 19.1. The van der Waals surface area contributed by atoms with Crippen molar-refractivity contribution in [1.29, 1.82) is 0 Å². The predicted octanol–water partition coefficient (Wildman–Crippen LogP) is 2.91. The number of aryl methyl sites for hydroxylation is 2. The highest BCUT2D eigenvalue weighted by molar-refractivity contribution is 6.18. The summed E-state index contributed by atoms with van der Waals surface area (Å²) in [4.78, 5) is 44.5. The number of rotatable bonds is 2. The average Bonchev–Trinajstić information content (AvgIpc) is 2.65. The van der Waals surface area contributed by atoms with E-state index in [4.69, 9.17) is 0 Å². The quantitative estimate of drug-likeness (QED) is 0.658. The van der Waals surface area contributed by atoms with Gasteiger partial charge in [-0.25, -0.2) is 9.88 Å². The first kappa shape index (κ1) is 17.1. The molecule has 0 spiro atoms. The maximum atomic E-state index is 13.2. The molecule has 2 aromatic carbocycles. The van der Waals surface area contributed by atoms with Gasteiger partial charge >= 0.3 is 0 Å². The Morgan fingerprint density at radius 1 is 0.963 bits per heavy atom. The van der Waals surface area contributed by atoms with E-state index in [9.17, 15) is 14.4 Å². The number of anilines is 1. The van der Waals surface area contributed by atoms with Crippen molar-refractivity contribution in [3.63, 3.8) is 0 Å². The van der Waals surface area contributed by atoms with Crippen LogP contribution >= 0.6 is 0 Å². The summed E-state index contributed by atoms with van der Waals surface area (Å²) in [7, 11) is 0. The maximum absolute atomic E-state index is 13.2. The topological polar surface area (TPSA) is 72.3 Å². The highest BCUT2D eigenvalue weighted by atomic mass is 16.2. The van der Waals surface area contributed by atoms with E-state index >= 15 is 0 Å². The zero-order valence-electron chi connectivity index (χ0n) is 15.2. The van der Waals surface area contributed by atoms with Gasteiger partial charge in [0.2, 0.25) is 5.91 Å². The van der Waals surface area contributed by atoms with Gasteiger partial charge in [0.05, 0.1) is 16.6 Å². The molecule has 0 aliphatic carbocycles. The molecule has 0 saturated carbocycles. The minimum Gasteiger partial charge on any atom is -0.284 e. The van der Waals surface area contributed by atoms with Gasteiger partial charge in [0.1, 0.15) is 11.9 Å². The van der Waals surface area contributed by atoms with Crippen molar-refractivity contribution in [3.8, 4) is 0 Å². The summed E-state index contributed by atoms with van der Waals surface area (Å²) in [5.74, 6) is -0.163. The van der Waals surface area contributed by atoms with Gasteiger partial charge in [0, 0.05) is 6.42 Å². The summed E-state index contributed by atoms with van der Waals surface area (Å²) in [6.45, 7) is 3.57. The molecule has 1 atom stereocenters. The number of fused-ring (bicyclic) bond motifs is 1. The third-order valence-corrected chi connectivity index (χ3v) is 5.04. The minimum atomic E-state index is -0.744. The molecule has 27 heavy (non-hydrogen) atoms. The van der Waals surface area contributed by atoms with Crippen molar-refractivity contribution in [2.24, 2.45) is 0 Å². The number of amides is 2. The Bertz CT molecular complexity index is 1130. The third-order valence-electron chi connectivity index (χ3n) is 5.04. The summed E-state index contributed by atoms with van der Waals surface area (Å²) >= 11 is 0. The van der Waals surface area contributed by atoms with E-state index in [0.29, 0.717) is 28.8 Å². The molecular formula is C21H19N3O3. The molecule has 1 unspecified atom stereocenters. The fourth-order valence-corrected chi connectivity index (χ4v) is 3.70. The SMILES string of the molecule is Cc1ccccc1N1C(=O)CCC(n2c(C)nc3ccccc3c2=O)C1=O. The normalized spacial score (nSPS) is 17.6. The average molecular weight is 361 g/mol. The van der Waals surface area contributed by atoms with Gasteiger partial charge in [-0.3, -0.25) is 19.0 Å². The molecule has 136 valence electrons. The molecule has 2 amide bonds. The first-order valence-corrected chi connectivity index (χ1v) is 8.89. The van der Waals surface area contributed by atoms with E-state index in [1.54, 1.807) is 37.3 Å². The molecule has 6 heteroatoms. The van der Waals surface area contributed by atoms with Crippen LogP contribution in [-0.4, -0.2) is 21.4 Å². The Balaban J connectivity index is 1.85. The van der Waals surface area contributed by atoms with Gasteiger partial charge in [0.25, 0.3) is 11.5 Å². The molecule has 0 N–H and O–H groups in total. The maximum Gasteiger partial charge on any atom is 0.262 e. The molecule has 2 heterocycles. The second kappa shape index (κ2) is 6.46. The Labute approximate surface area is 156 Å². The molecule has 1 aliphatic heterocycles. The molecule has 0 bridgehead atoms. The van der Waals surface area contributed by atoms with E-state index in [1.807, 2.05) is 25.1 Å². The minimum absolute atomic E-state index is 0.198. The Kier molecular flexibility index (Phi) is 4.11. The summed E-state index contributed by atoms with van der Waals surface area (Å²) in [6, 6.07) is 13.6. The van der Waals surface area contributed by atoms with Crippen molar-refractivity contribution in [1.82, 2.24) is 9.55 Å². The van der Waals surface area contributed by atoms with Crippen LogP contribution in [0, 0.1) is 13.8 Å². The lowest BCUT2D eigenvalue weighted by Crippen LogP contribution is -2.48. The van der Waals surface area contributed by atoms with Crippen molar-refractivity contribution in [2.45, 2.75) is 32.7 Å². The summed E-state index contributed by atoms with van der Waals surface area (Å²) < 4.78 is 1.43. The van der Waals surface area contributed by atoms with E-state index in [1.165, 1.54) is 9.47 Å². The van der Waals surface area contributed by atoms with Gasteiger partial charge in [-0.15, -0.1) is 0 Å². The second-order valence-corrected chi connectivity index (χ2v) is 6.76. The molecule has 1 aromatic heterocycles. The first-order valence-electron chi connectivity index (χ1n) is 8.89. The van der Waals surface area contributed by atoms with Gasteiger partial charge in [-0.05, 0) is 44.0 Å². The van der Waals surface area contributed by atoms with Crippen molar-refractivity contribution >= 4 is 28.4 Å². The zero-order valence-corrected chi connectivity index (χ0v) is 15.2. The largest absolute Gasteiger partial charge is 0.284 e. The van der Waals surface area contributed by atoms with Crippen LogP contribution in [0.1, 0.15) is 30.3 Å². The van der Waals surface area contributed by atoms with Crippen LogP contribution in [-0.2, 0) is 9.59 Å². The predicted molar refractivity (Wildman–Crippen MR) is 103 cm³/mol. The summed E-state index contributed by atoms with van der Waals surface area (Å²) in [6.07, 6.45) is 0.490. The Hall–Kier alpha value is -3.28. The van der Waals surface area contributed by atoms with E-state index in [0.717, 1.165) is 5.56 Å². The first-order chi connectivity index (χ1) is 13.0. The van der Waals surface area contributed by atoms with Crippen molar-refractivity contribution in [3.05, 3.63) is 70.3 Å². The van der Waals surface area contributed by atoms with Gasteiger partial charge in [-0.2, -0.15) is 0 Å². The third kappa shape index (κ3) is 2.73. The smallest absolute Gasteiger partial charge is 0.262 e. The highest BCUT2D eigenvalue weighted by Gasteiger charge is 2.38. The number of carbonyl (C=O) groups is 2.